The molecule has 1 aliphatic carbocycles. The third-order valence-electron chi connectivity index (χ3n) is 3.72. The van der Waals surface area contributed by atoms with Crippen LogP contribution >= 0.6 is 7.60 Å². The molecule has 1 aromatic heterocycles. The maximum Gasteiger partial charge on any atom is 0.514 e. The standard InChI is InChI=1S/C14H20N3O7P/c1-14(2,25(20,21)24-13(19)22-3)23-10-5-4-9(8-10)17-7-6-11(15)16-12(17)18/h4-7,9-10H,8H2,1-3H3,(H,20,21)(H2,15,16,18)/t9-,10+/m1/s1. The van der Waals surface area contributed by atoms with Crippen LogP contribution in [0.15, 0.2) is 29.2 Å². The van der Waals surface area contributed by atoms with E-state index in [0.29, 0.717) is 6.42 Å². The molecule has 1 aromatic rings. The molecule has 3 N–H and O–H groups in total. The maximum absolute atomic E-state index is 12.2. The number of carbonyl (C=O) groups is 1. The molecule has 3 atom stereocenters. The fourth-order valence-electron chi connectivity index (χ4n) is 2.30. The van der Waals surface area contributed by atoms with Crippen LogP contribution in [0.4, 0.5) is 10.6 Å². The van der Waals surface area contributed by atoms with Crippen molar-refractivity contribution in [3.8, 4) is 0 Å². The van der Waals surface area contributed by atoms with Gasteiger partial charge in [-0.15, -0.1) is 0 Å². The number of allylic oxidation sites excluding steroid dienone is 1. The molecule has 0 saturated heterocycles. The number of rotatable bonds is 5. The summed E-state index contributed by atoms with van der Waals surface area (Å²) in [6, 6.07) is 1.17. The number of nitrogens with zero attached hydrogens (tertiary/aromatic N) is 2. The van der Waals surface area contributed by atoms with Crippen LogP contribution in [0.2, 0.25) is 0 Å². The molecule has 0 amide bonds. The van der Waals surface area contributed by atoms with E-state index in [1.165, 1.54) is 30.7 Å². The van der Waals surface area contributed by atoms with Crippen LogP contribution < -0.4 is 11.4 Å². The summed E-state index contributed by atoms with van der Waals surface area (Å²) in [5, 5.41) is -1.67. The van der Waals surface area contributed by atoms with E-state index in [1.807, 2.05) is 0 Å². The van der Waals surface area contributed by atoms with Gasteiger partial charge in [0.25, 0.3) is 0 Å². The summed E-state index contributed by atoms with van der Waals surface area (Å²) in [7, 11) is -3.43. The highest BCUT2D eigenvalue weighted by molar-refractivity contribution is 7.54. The first-order valence-corrected chi connectivity index (χ1v) is 8.95. The fourth-order valence-corrected chi connectivity index (χ4v) is 3.07. The minimum atomic E-state index is -4.46. The zero-order valence-corrected chi connectivity index (χ0v) is 14.9. The quantitative estimate of drug-likeness (QED) is 0.445. The van der Waals surface area contributed by atoms with Gasteiger partial charge in [0.1, 0.15) is 5.82 Å². The van der Waals surface area contributed by atoms with Gasteiger partial charge in [-0.3, -0.25) is 4.57 Å². The van der Waals surface area contributed by atoms with E-state index in [2.05, 4.69) is 14.2 Å². The number of anilines is 1. The first kappa shape index (κ1) is 19.2. The summed E-state index contributed by atoms with van der Waals surface area (Å²) < 4.78 is 27.9. The molecule has 2 rings (SSSR count). The predicted molar refractivity (Wildman–Crippen MR) is 88.0 cm³/mol. The summed E-state index contributed by atoms with van der Waals surface area (Å²) in [4.78, 5) is 36.6. The second-order valence-electron chi connectivity index (χ2n) is 5.90. The van der Waals surface area contributed by atoms with E-state index in [1.54, 1.807) is 12.2 Å². The van der Waals surface area contributed by atoms with Crippen molar-refractivity contribution in [1.29, 1.82) is 0 Å². The lowest BCUT2D eigenvalue weighted by atomic mass is 10.2. The molecule has 10 nitrogen and oxygen atoms in total. The number of aromatic nitrogens is 2. The van der Waals surface area contributed by atoms with Gasteiger partial charge in [0, 0.05) is 12.6 Å². The van der Waals surface area contributed by atoms with Crippen molar-refractivity contribution in [2.75, 3.05) is 12.8 Å². The number of ether oxygens (including phenoxy) is 2. The van der Waals surface area contributed by atoms with Crippen molar-refractivity contribution < 1.29 is 28.3 Å². The Balaban J connectivity index is 2.07. The Hall–Kier alpha value is -2.16. The van der Waals surface area contributed by atoms with Crippen LogP contribution in [0.25, 0.3) is 0 Å². The average molecular weight is 373 g/mol. The van der Waals surface area contributed by atoms with Crippen LogP contribution in [-0.4, -0.2) is 39.2 Å². The summed E-state index contributed by atoms with van der Waals surface area (Å²) in [5.74, 6) is 0.123. The van der Waals surface area contributed by atoms with Gasteiger partial charge in [0.15, 0.2) is 5.34 Å². The number of hydrogen-bond acceptors (Lipinski definition) is 8. The van der Waals surface area contributed by atoms with Crippen molar-refractivity contribution in [2.45, 2.75) is 37.8 Å². The summed E-state index contributed by atoms with van der Waals surface area (Å²) in [6.07, 6.45) is 3.40. The average Bonchev–Trinajstić information content (AvgIpc) is 2.93. The molecular weight excluding hydrogens is 353 g/mol. The molecule has 0 aliphatic heterocycles. The van der Waals surface area contributed by atoms with E-state index in [-0.39, 0.29) is 11.9 Å². The summed E-state index contributed by atoms with van der Waals surface area (Å²) in [6.45, 7) is 2.66. The van der Waals surface area contributed by atoms with Gasteiger partial charge in [-0.1, -0.05) is 12.2 Å². The van der Waals surface area contributed by atoms with Gasteiger partial charge in [-0.2, -0.15) is 4.98 Å². The molecule has 0 fully saturated rings. The molecule has 11 heteroatoms. The molecule has 0 saturated carbocycles. The maximum atomic E-state index is 12.2. The van der Waals surface area contributed by atoms with E-state index in [4.69, 9.17) is 10.5 Å². The second-order valence-corrected chi connectivity index (χ2v) is 8.20. The largest absolute Gasteiger partial charge is 0.514 e. The summed E-state index contributed by atoms with van der Waals surface area (Å²) >= 11 is 0. The van der Waals surface area contributed by atoms with Crippen LogP contribution in [-0.2, 0) is 18.6 Å². The van der Waals surface area contributed by atoms with Crippen molar-refractivity contribution in [3.05, 3.63) is 34.9 Å². The van der Waals surface area contributed by atoms with Gasteiger partial charge < -0.3 is 24.6 Å². The van der Waals surface area contributed by atoms with E-state index >= 15 is 0 Å². The number of nitrogens with two attached hydrogens (primary N) is 1. The Morgan fingerprint density at radius 1 is 1.48 bits per heavy atom. The molecule has 0 aromatic carbocycles. The summed E-state index contributed by atoms with van der Waals surface area (Å²) in [5.41, 5.74) is 4.95. The fraction of sp³-hybridized carbons (Fsp3) is 0.500. The Morgan fingerprint density at radius 3 is 2.76 bits per heavy atom. The van der Waals surface area contributed by atoms with Gasteiger partial charge in [-0.25, -0.2) is 14.2 Å². The lowest BCUT2D eigenvalue weighted by molar-refractivity contribution is -0.0172. The minimum absolute atomic E-state index is 0.123. The van der Waals surface area contributed by atoms with Gasteiger partial charge in [0.2, 0.25) is 0 Å². The third kappa shape index (κ3) is 4.28. The molecule has 0 radical (unpaired) electrons. The lowest BCUT2D eigenvalue weighted by Crippen LogP contribution is -2.32. The zero-order chi connectivity index (χ0) is 18.8. The van der Waals surface area contributed by atoms with Crippen molar-refractivity contribution in [3.63, 3.8) is 0 Å². The van der Waals surface area contributed by atoms with Gasteiger partial charge in [0.05, 0.1) is 19.3 Å². The SMILES string of the molecule is COC(=O)OP(=O)(O)C(C)(C)O[C@H]1C=C[C@@H](n2ccc(N)nc2=O)C1. The topological polar surface area (TPSA) is 143 Å². The molecule has 138 valence electrons. The Kier molecular flexibility index (Phi) is 5.36. The Bertz CT molecular complexity index is 789. The first-order valence-electron chi connectivity index (χ1n) is 7.37. The molecule has 1 heterocycles. The smallest absolute Gasteiger partial charge is 0.437 e. The highest BCUT2D eigenvalue weighted by Crippen LogP contribution is 2.56. The van der Waals surface area contributed by atoms with Crippen molar-refractivity contribution in [2.24, 2.45) is 0 Å². The van der Waals surface area contributed by atoms with Crippen LogP contribution in [0.1, 0.15) is 26.3 Å². The molecule has 1 aliphatic rings. The van der Waals surface area contributed by atoms with E-state index in [9.17, 15) is 19.0 Å². The monoisotopic (exact) mass is 373 g/mol. The molecule has 0 spiro atoms. The Labute approximate surface area is 143 Å². The first-order chi connectivity index (χ1) is 11.6. The normalized spacial score (nSPS) is 22.4. The van der Waals surface area contributed by atoms with E-state index < -0.39 is 30.9 Å². The number of methoxy groups -OCH3 is 1. The lowest BCUT2D eigenvalue weighted by Gasteiger charge is -2.31. The zero-order valence-electron chi connectivity index (χ0n) is 14.0. The minimum Gasteiger partial charge on any atom is -0.437 e. The van der Waals surface area contributed by atoms with Crippen molar-refractivity contribution >= 4 is 19.6 Å². The third-order valence-corrected chi connectivity index (χ3v) is 5.58. The molecule has 0 bridgehead atoms. The molecule has 1 unspecified atom stereocenters. The highest BCUT2D eigenvalue weighted by atomic mass is 31.2. The van der Waals surface area contributed by atoms with Gasteiger partial charge >= 0.3 is 19.4 Å². The van der Waals surface area contributed by atoms with E-state index in [0.717, 1.165) is 7.11 Å². The van der Waals surface area contributed by atoms with Crippen LogP contribution in [0, 0.1) is 0 Å². The van der Waals surface area contributed by atoms with Crippen LogP contribution in [0.5, 0.6) is 0 Å². The number of carbonyl (C=O) groups excluding carboxylic acids is 1. The Morgan fingerprint density at radius 2 is 2.16 bits per heavy atom. The molecular formula is C14H20N3O7P. The molecule has 25 heavy (non-hydrogen) atoms. The number of nitrogen functional groups attached to an aromatic ring is 1. The second kappa shape index (κ2) is 6.99. The predicted octanol–water partition coefficient (Wildman–Crippen LogP) is 1.42. The van der Waals surface area contributed by atoms with Gasteiger partial charge in [-0.05, 0) is 19.9 Å². The van der Waals surface area contributed by atoms with Crippen LogP contribution in [0.3, 0.4) is 0 Å². The van der Waals surface area contributed by atoms with Crippen molar-refractivity contribution in [1.82, 2.24) is 9.55 Å². The number of hydrogen-bond donors (Lipinski definition) is 2. The highest BCUT2D eigenvalue weighted by Gasteiger charge is 2.47.